The van der Waals surface area contributed by atoms with E-state index in [2.05, 4.69) is 13.5 Å². The highest BCUT2D eigenvalue weighted by Crippen LogP contribution is 2.02. The Morgan fingerprint density at radius 1 is 1.36 bits per heavy atom. The van der Waals surface area contributed by atoms with Gasteiger partial charge in [-0.3, -0.25) is 4.79 Å². The van der Waals surface area contributed by atoms with Gasteiger partial charge < -0.3 is 10.6 Å². The summed E-state index contributed by atoms with van der Waals surface area (Å²) < 4.78 is 0. The molecule has 2 N–H and O–H groups in total. The summed E-state index contributed by atoms with van der Waals surface area (Å²) >= 11 is 0. The summed E-state index contributed by atoms with van der Waals surface area (Å²) in [5, 5.41) is 0. The first-order chi connectivity index (χ1) is 6.63. The van der Waals surface area contributed by atoms with Crippen molar-refractivity contribution in [3.05, 3.63) is 12.2 Å². The molecule has 0 aliphatic rings. The normalized spacial score (nSPS) is 9.93. The molecule has 0 aromatic heterocycles. The molecule has 82 valence electrons. The van der Waals surface area contributed by atoms with Gasteiger partial charge in [-0.25, -0.2) is 0 Å². The molecule has 0 aliphatic heterocycles. The topological polar surface area (TPSA) is 46.3 Å². The van der Waals surface area contributed by atoms with E-state index in [-0.39, 0.29) is 5.91 Å². The predicted octanol–water partition coefficient (Wildman–Crippen LogP) is 1.54. The van der Waals surface area contributed by atoms with E-state index in [9.17, 15) is 4.79 Å². The number of unbranched alkanes of at least 4 members (excludes halogenated alkanes) is 1. The van der Waals surface area contributed by atoms with Crippen LogP contribution >= 0.6 is 0 Å². The summed E-state index contributed by atoms with van der Waals surface area (Å²) in [6.07, 6.45) is 3.01. The van der Waals surface area contributed by atoms with E-state index in [0.717, 1.165) is 32.4 Å². The van der Waals surface area contributed by atoms with Crippen LogP contribution in [0.1, 0.15) is 33.1 Å². The molecule has 0 unspecified atom stereocenters. The van der Waals surface area contributed by atoms with Gasteiger partial charge in [0.15, 0.2) is 0 Å². The second kappa shape index (κ2) is 7.56. The van der Waals surface area contributed by atoms with Gasteiger partial charge in [0, 0.05) is 18.7 Å². The van der Waals surface area contributed by atoms with Crippen LogP contribution in [-0.4, -0.2) is 30.4 Å². The maximum absolute atomic E-state index is 11.6. The van der Waals surface area contributed by atoms with Gasteiger partial charge in [0.2, 0.25) is 5.91 Å². The third kappa shape index (κ3) is 5.02. The van der Waals surface area contributed by atoms with E-state index < -0.39 is 0 Å². The third-order valence-corrected chi connectivity index (χ3v) is 2.07. The Kier molecular flexibility index (Phi) is 7.11. The highest BCUT2D eigenvalue weighted by Gasteiger charge is 2.12. The molecule has 0 rings (SSSR count). The maximum Gasteiger partial charge on any atom is 0.248 e. The van der Waals surface area contributed by atoms with Crippen molar-refractivity contribution < 1.29 is 4.79 Å². The van der Waals surface area contributed by atoms with Crippen molar-refractivity contribution in [2.24, 2.45) is 5.73 Å². The monoisotopic (exact) mass is 198 g/mol. The first-order valence-electron chi connectivity index (χ1n) is 5.28. The molecule has 0 saturated heterocycles. The molecular weight excluding hydrogens is 176 g/mol. The number of hydrogen-bond acceptors (Lipinski definition) is 2. The van der Waals surface area contributed by atoms with Crippen molar-refractivity contribution in [2.45, 2.75) is 33.1 Å². The minimum atomic E-state index is 0.0619. The molecule has 0 atom stereocenters. The average molecular weight is 198 g/mol. The molecule has 0 bridgehead atoms. The summed E-state index contributed by atoms with van der Waals surface area (Å²) in [5.74, 6) is 0.0619. The number of rotatable bonds is 7. The number of nitrogens with two attached hydrogens (primary N) is 1. The van der Waals surface area contributed by atoms with Crippen LogP contribution in [0.2, 0.25) is 0 Å². The lowest BCUT2D eigenvalue weighted by Gasteiger charge is -2.22. The first kappa shape index (κ1) is 13.2. The molecule has 0 aromatic carbocycles. The molecule has 0 saturated carbocycles. The van der Waals surface area contributed by atoms with Crippen molar-refractivity contribution in [3.63, 3.8) is 0 Å². The summed E-state index contributed by atoms with van der Waals surface area (Å²) in [6, 6.07) is 0. The lowest BCUT2D eigenvalue weighted by molar-refractivity contribution is -0.127. The SMILES string of the molecule is C=C(C)C(=O)N(CCCC)CCCN. The molecule has 0 aliphatic carbocycles. The summed E-state index contributed by atoms with van der Waals surface area (Å²) in [4.78, 5) is 13.5. The smallest absolute Gasteiger partial charge is 0.248 e. The number of nitrogens with zero attached hydrogens (tertiary/aromatic N) is 1. The zero-order chi connectivity index (χ0) is 11.0. The Morgan fingerprint density at radius 2 is 1.93 bits per heavy atom. The predicted molar refractivity (Wildman–Crippen MR) is 60.0 cm³/mol. The Bertz CT molecular complexity index is 182. The van der Waals surface area contributed by atoms with Gasteiger partial charge in [-0.05, 0) is 26.3 Å². The lowest BCUT2D eigenvalue weighted by Crippen LogP contribution is -2.34. The molecule has 0 heterocycles. The Hall–Kier alpha value is -0.830. The molecule has 0 spiro atoms. The van der Waals surface area contributed by atoms with E-state index in [1.807, 2.05) is 4.90 Å². The van der Waals surface area contributed by atoms with Gasteiger partial charge in [0.25, 0.3) is 0 Å². The molecule has 14 heavy (non-hydrogen) atoms. The van der Waals surface area contributed by atoms with Gasteiger partial charge in [0.05, 0.1) is 0 Å². The molecule has 1 amide bonds. The fourth-order valence-electron chi connectivity index (χ4n) is 1.22. The van der Waals surface area contributed by atoms with Crippen LogP contribution in [0.3, 0.4) is 0 Å². The van der Waals surface area contributed by atoms with Crippen LogP contribution in [0.4, 0.5) is 0 Å². The molecule has 0 fully saturated rings. The molecular formula is C11H22N2O. The zero-order valence-corrected chi connectivity index (χ0v) is 9.38. The lowest BCUT2D eigenvalue weighted by atomic mass is 10.2. The largest absolute Gasteiger partial charge is 0.339 e. The Balaban J connectivity index is 4.08. The number of amides is 1. The standard InChI is InChI=1S/C11H22N2O/c1-4-5-8-13(9-6-7-12)11(14)10(2)3/h2,4-9,12H2,1,3H3. The summed E-state index contributed by atoms with van der Waals surface area (Å²) in [6.45, 7) is 9.75. The number of carbonyl (C=O) groups excluding carboxylic acids is 1. The minimum Gasteiger partial charge on any atom is -0.339 e. The van der Waals surface area contributed by atoms with Crippen molar-refractivity contribution in [2.75, 3.05) is 19.6 Å². The van der Waals surface area contributed by atoms with Crippen molar-refractivity contribution in [3.8, 4) is 0 Å². The van der Waals surface area contributed by atoms with E-state index in [0.29, 0.717) is 12.1 Å². The first-order valence-corrected chi connectivity index (χ1v) is 5.28. The molecule has 0 radical (unpaired) electrons. The average Bonchev–Trinajstić information content (AvgIpc) is 2.17. The van der Waals surface area contributed by atoms with Crippen molar-refractivity contribution in [1.29, 1.82) is 0 Å². The van der Waals surface area contributed by atoms with Crippen LogP contribution in [0.25, 0.3) is 0 Å². The number of hydrogen-bond donors (Lipinski definition) is 1. The quantitative estimate of drug-likeness (QED) is 0.631. The van der Waals surface area contributed by atoms with E-state index in [4.69, 9.17) is 5.73 Å². The van der Waals surface area contributed by atoms with Gasteiger partial charge in [0.1, 0.15) is 0 Å². The highest BCUT2D eigenvalue weighted by atomic mass is 16.2. The van der Waals surface area contributed by atoms with Gasteiger partial charge in [-0.2, -0.15) is 0 Å². The van der Waals surface area contributed by atoms with Gasteiger partial charge in [-0.1, -0.05) is 19.9 Å². The van der Waals surface area contributed by atoms with E-state index in [1.165, 1.54) is 0 Å². The van der Waals surface area contributed by atoms with Crippen molar-refractivity contribution >= 4 is 5.91 Å². The van der Waals surface area contributed by atoms with Gasteiger partial charge >= 0.3 is 0 Å². The Morgan fingerprint density at radius 3 is 2.36 bits per heavy atom. The molecule has 0 aromatic rings. The van der Waals surface area contributed by atoms with Crippen molar-refractivity contribution in [1.82, 2.24) is 4.90 Å². The summed E-state index contributed by atoms with van der Waals surface area (Å²) in [7, 11) is 0. The zero-order valence-electron chi connectivity index (χ0n) is 9.38. The third-order valence-electron chi connectivity index (χ3n) is 2.07. The van der Waals surface area contributed by atoms with Crippen LogP contribution in [0.15, 0.2) is 12.2 Å². The van der Waals surface area contributed by atoms with Gasteiger partial charge in [-0.15, -0.1) is 0 Å². The molecule has 3 heteroatoms. The second-order valence-corrected chi connectivity index (χ2v) is 3.57. The van der Waals surface area contributed by atoms with E-state index >= 15 is 0 Å². The maximum atomic E-state index is 11.6. The Labute approximate surface area is 87.0 Å². The highest BCUT2D eigenvalue weighted by molar-refractivity contribution is 5.92. The summed E-state index contributed by atoms with van der Waals surface area (Å²) in [5.41, 5.74) is 6.03. The second-order valence-electron chi connectivity index (χ2n) is 3.57. The van der Waals surface area contributed by atoms with E-state index in [1.54, 1.807) is 6.92 Å². The van der Waals surface area contributed by atoms with Crippen LogP contribution in [0, 0.1) is 0 Å². The number of carbonyl (C=O) groups is 1. The molecule has 3 nitrogen and oxygen atoms in total. The minimum absolute atomic E-state index is 0.0619. The van der Waals surface area contributed by atoms with Crippen LogP contribution < -0.4 is 5.73 Å². The van der Waals surface area contributed by atoms with Crippen LogP contribution in [0.5, 0.6) is 0 Å². The fraction of sp³-hybridized carbons (Fsp3) is 0.727. The fourth-order valence-corrected chi connectivity index (χ4v) is 1.22. The van der Waals surface area contributed by atoms with Crippen LogP contribution in [-0.2, 0) is 4.79 Å².